The van der Waals surface area contributed by atoms with Gasteiger partial charge in [0.05, 0.1) is 5.69 Å². The lowest BCUT2D eigenvalue weighted by atomic mass is 9.83. The van der Waals surface area contributed by atoms with Gasteiger partial charge in [0.1, 0.15) is 0 Å². The van der Waals surface area contributed by atoms with Crippen molar-refractivity contribution in [1.82, 2.24) is 4.90 Å². The summed E-state index contributed by atoms with van der Waals surface area (Å²) >= 11 is 0. The summed E-state index contributed by atoms with van der Waals surface area (Å²) in [5.74, 6) is -4.82. The Morgan fingerprint density at radius 2 is 1.62 bits per heavy atom. The van der Waals surface area contributed by atoms with Gasteiger partial charge >= 0.3 is 0 Å². The number of carbonyl (C=O) groups excluding carboxylic acids is 2. The Kier molecular flexibility index (Phi) is 4.78. The summed E-state index contributed by atoms with van der Waals surface area (Å²) in [6.07, 6.45) is 3.93. The molecule has 4 nitrogen and oxygen atoms in total. The Morgan fingerprint density at radius 1 is 0.958 bits per heavy atom. The minimum atomic E-state index is -1.60. The van der Waals surface area contributed by atoms with Crippen LogP contribution >= 0.6 is 0 Å². The molecule has 2 fully saturated rings. The van der Waals surface area contributed by atoms with Gasteiger partial charge in [0.15, 0.2) is 17.5 Å². The largest absolute Gasteiger partial charge is 0.342 e. The van der Waals surface area contributed by atoms with Crippen LogP contribution in [0.3, 0.4) is 0 Å². The number of halogens is 3. The van der Waals surface area contributed by atoms with Gasteiger partial charge in [0, 0.05) is 24.9 Å². The van der Waals surface area contributed by atoms with E-state index in [0.29, 0.717) is 25.9 Å². The number of rotatable bonds is 3. The van der Waals surface area contributed by atoms with E-state index in [9.17, 15) is 22.8 Å². The molecule has 0 radical (unpaired) electrons. The molecule has 1 heterocycles. The Labute approximate surface area is 138 Å². The fourth-order valence-corrected chi connectivity index (χ4v) is 3.13. The summed E-state index contributed by atoms with van der Waals surface area (Å²) in [7, 11) is 0. The van der Waals surface area contributed by atoms with Gasteiger partial charge in [-0.3, -0.25) is 9.59 Å². The summed E-state index contributed by atoms with van der Waals surface area (Å²) in [5, 5.41) is 2.31. The molecule has 1 aliphatic heterocycles. The summed E-state index contributed by atoms with van der Waals surface area (Å²) in [4.78, 5) is 26.1. The van der Waals surface area contributed by atoms with Crippen LogP contribution in [0, 0.1) is 29.3 Å². The second kappa shape index (κ2) is 6.83. The first kappa shape index (κ1) is 16.8. The fourth-order valence-electron chi connectivity index (χ4n) is 3.13. The molecule has 0 atom stereocenters. The zero-order valence-corrected chi connectivity index (χ0v) is 13.2. The third-order valence-electron chi connectivity index (χ3n) is 4.92. The van der Waals surface area contributed by atoms with E-state index in [4.69, 9.17) is 0 Å². The SMILES string of the molecule is O=C(Nc1ccc(F)c(F)c1F)C1CCN(C(=O)C2CCC2)CC1. The molecule has 3 rings (SSSR count). The maximum atomic E-state index is 13.6. The van der Waals surface area contributed by atoms with Crippen molar-refractivity contribution in [2.24, 2.45) is 11.8 Å². The predicted molar refractivity (Wildman–Crippen MR) is 81.6 cm³/mol. The van der Waals surface area contributed by atoms with Crippen LogP contribution in [0.5, 0.6) is 0 Å². The van der Waals surface area contributed by atoms with E-state index in [2.05, 4.69) is 5.32 Å². The fraction of sp³-hybridized carbons (Fsp3) is 0.529. The molecule has 0 aromatic heterocycles. The minimum absolute atomic E-state index is 0.131. The number of piperidine rings is 1. The Bertz CT molecular complexity index is 653. The maximum absolute atomic E-state index is 13.6. The molecule has 1 aromatic rings. The van der Waals surface area contributed by atoms with Gasteiger partial charge in [-0.15, -0.1) is 0 Å². The highest BCUT2D eigenvalue weighted by Crippen LogP contribution is 2.30. The van der Waals surface area contributed by atoms with E-state index in [-0.39, 0.29) is 23.4 Å². The van der Waals surface area contributed by atoms with Crippen LogP contribution in [0.1, 0.15) is 32.1 Å². The number of nitrogens with one attached hydrogen (secondary N) is 1. The van der Waals surface area contributed by atoms with Crippen LogP contribution in [-0.4, -0.2) is 29.8 Å². The van der Waals surface area contributed by atoms with Crippen LogP contribution in [-0.2, 0) is 9.59 Å². The molecule has 0 bridgehead atoms. The highest BCUT2D eigenvalue weighted by atomic mass is 19.2. The van der Waals surface area contributed by atoms with Crippen molar-refractivity contribution in [3.05, 3.63) is 29.6 Å². The lowest BCUT2D eigenvalue weighted by Crippen LogP contribution is -2.45. The Balaban J connectivity index is 1.55. The Morgan fingerprint density at radius 3 is 2.21 bits per heavy atom. The summed E-state index contributed by atoms with van der Waals surface area (Å²) in [6.45, 7) is 0.987. The van der Waals surface area contributed by atoms with E-state index < -0.39 is 23.4 Å². The zero-order valence-electron chi connectivity index (χ0n) is 13.2. The van der Waals surface area contributed by atoms with Crippen LogP contribution in [0.25, 0.3) is 0 Å². The number of anilines is 1. The Hall–Kier alpha value is -2.05. The standard InChI is InChI=1S/C17H19F3N2O2/c18-12-4-5-13(15(20)14(12)19)21-16(23)10-6-8-22(9-7-10)17(24)11-2-1-3-11/h4-5,10-11H,1-3,6-9H2,(H,21,23). The molecule has 2 aliphatic rings. The van der Waals surface area contributed by atoms with E-state index in [1.54, 1.807) is 4.90 Å². The number of hydrogen-bond acceptors (Lipinski definition) is 2. The van der Waals surface area contributed by atoms with Crippen molar-refractivity contribution < 1.29 is 22.8 Å². The molecule has 0 unspecified atom stereocenters. The molecule has 130 valence electrons. The van der Waals surface area contributed by atoms with Crippen molar-refractivity contribution in [3.63, 3.8) is 0 Å². The van der Waals surface area contributed by atoms with E-state index >= 15 is 0 Å². The zero-order chi connectivity index (χ0) is 17.3. The molecule has 1 saturated carbocycles. The van der Waals surface area contributed by atoms with E-state index in [1.165, 1.54) is 0 Å². The van der Waals surface area contributed by atoms with Crippen LogP contribution in [0.15, 0.2) is 12.1 Å². The second-order valence-electron chi connectivity index (χ2n) is 6.44. The predicted octanol–water partition coefficient (Wildman–Crippen LogP) is 3.08. The van der Waals surface area contributed by atoms with Crippen molar-refractivity contribution in [2.75, 3.05) is 18.4 Å². The number of likely N-dealkylation sites (tertiary alicyclic amines) is 1. The average Bonchev–Trinajstić information content (AvgIpc) is 2.54. The summed E-state index contributed by atoms with van der Waals surface area (Å²) in [6, 6.07) is 1.77. The molecule has 1 aromatic carbocycles. The number of nitrogens with zero attached hydrogens (tertiary/aromatic N) is 1. The quantitative estimate of drug-likeness (QED) is 0.860. The van der Waals surface area contributed by atoms with Crippen LogP contribution in [0.2, 0.25) is 0 Å². The first-order valence-corrected chi connectivity index (χ1v) is 8.20. The van der Waals surface area contributed by atoms with Crippen LogP contribution in [0.4, 0.5) is 18.9 Å². The van der Waals surface area contributed by atoms with Crippen molar-refractivity contribution in [1.29, 1.82) is 0 Å². The average molecular weight is 340 g/mol. The van der Waals surface area contributed by atoms with E-state index in [1.807, 2.05) is 0 Å². The number of carbonyl (C=O) groups is 2. The van der Waals surface area contributed by atoms with E-state index in [0.717, 1.165) is 31.4 Å². The molecular weight excluding hydrogens is 321 g/mol. The molecule has 1 N–H and O–H groups in total. The van der Waals surface area contributed by atoms with Gasteiger partial charge in [-0.05, 0) is 37.8 Å². The molecule has 0 spiro atoms. The molecular formula is C17H19F3N2O2. The first-order chi connectivity index (χ1) is 11.5. The minimum Gasteiger partial charge on any atom is -0.342 e. The third kappa shape index (κ3) is 3.25. The smallest absolute Gasteiger partial charge is 0.227 e. The normalized spacial score (nSPS) is 19.0. The van der Waals surface area contributed by atoms with Gasteiger partial charge in [-0.1, -0.05) is 6.42 Å². The highest BCUT2D eigenvalue weighted by Gasteiger charge is 2.33. The highest BCUT2D eigenvalue weighted by molar-refractivity contribution is 5.93. The van der Waals surface area contributed by atoms with Gasteiger partial charge < -0.3 is 10.2 Å². The van der Waals surface area contributed by atoms with Crippen molar-refractivity contribution in [2.45, 2.75) is 32.1 Å². The second-order valence-corrected chi connectivity index (χ2v) is 6.44. The summed E-state index contributed by atoms with van der Waals surface area (Å²) in [5.41, 5.74) is -0.369. The molecule has 7 heteroatoms. The maximum Gasteiger partial charge on any atom is 0.227 e. The summed E-state index contributed by atoms with van der Waals surface area (Å²) < 4.78 is 39.7. The monoisotopic (exact) mass is 340 g/mol. The van der Waals surface area contributed by atoms with Crippen molar-refractivity contribution in [3.8, 4) is 0 Å². The van der Waals surface area contributed by atoms with Gasteiger partial charge in [-0.2, -0.15) is 0 Å². The molecule has 24 heavy (non-hydrogen) atoms. The lowest BCUT2D eigenvalue weighted by molar-refractivity contribution is -0.140. The third-order valence-corrected chi connectivity index (χ3v) is 4.92. The first-order valence-electron chi connectivity index (χ1n) is 8.20. The number of amides is 2. The number of benzene rings is 1. The van der Waals surface area contributed by atoms with Gasteiger partial charge in [0.25, 0.3) is 0 Å². The molecule has 1 aliphatic carbocycles. The molecule has 1 saturated heterocycles. The van der Waals surface area contributed by atoms with Crippen molar-refractivity contribution >= 4 is 17.5 Å². The number of hydrogen-bond donors (Lipinski definition) is 1. The molecule has 2 amide bonds. The lowest BCUT2D eigenvalue weighted by Gasteiger charge is -2.36. The van der Waals surface area contributed by atoms with Gasteiger partial charge in [0.2, 0.25) is 11.8 Å². The van der Waals surface area contributed by atoms with Gasteiger partial charge in [-0.25, -0.2) is 13.2 Å². The topological polar surface area (TPSA) is 49.4 Å². The van der Waals surface area contributed by atoms with Crippen LogP contribution < -0.4 is 5.32 Å².